The summed E-state index contributed by atoms with van der Waals surface area (Å²) in [6, 6.07) is 28.4. The Labute approximate surface area is 185 Å². The van der Waals surface area contributed by atoms with E-state index in [2.05, 4.69) is 24.0 Å². The summed E-state index contributed by atoms with van der Waals surface area (Å²) in [5.41, 5.74) is 2.07. The zero-order valence-electron chi connectivity index (χ0n) is 18.1. The van der Waals surface area contributed by atoms with Gasteiger partial charge in [0.1, 0.15) is 11.8 Å². The number of hydrogen-bond donors (Lipinski definition) is 0. The molecule has 3 aromatic carbocycles. The number of benzene rings is 3. The molecule has 31 heavy (non-hydrogen) atoms. The fraction of sp³-hybridized carbons (Fsp3) is 0.231. The second kappa shape index (κ2) is 11.0. The Hall–Kier alpha value is -2.83. The van der Waals surface area contributed by atoms with Crippen molar-refractivity contribution in [3.8, 4) is 17.6 Å². The minimum Gasteiger partial charge on any atom is -0.413 e. The van der Waals surface area contributed by atoms with Gasteiger partial charge in [0.25, 0.3) is 0 Å². The van der Waals surface area contributed by atoms with Crippen LogP contribution in [0.5, 0.6) is 5.75 Å². The van der Waals surface area contributed by atoms with Gasteiger partial charge in [0.05, 0.1) is 0 Å². The van der Waals surface area contributed by atoms with Gasteiger partial charge in [-0.1, -0.05) is 84.8 Å². The molecular formula is C26H28NO3P. The van der Waals surface area contributed by atoms with Crippen molar-refractivity contribution in [2.24, 2.45) is 0 Å². The minimum absolute atomic E-state index is 0.178. The van der Waals surface area contributed by atoms with Gasteiger partial charge in [-0.3, -0.25) is 4.52 Å². The Bertz CT molecular complexity index is 1050. The lowest BCUT2D eigenvalue weighted by Crippen LogP contribution is -2.37. The van der Waals surface area contributed by atoms with Gasteiger partial charge in [-0.15, -0.1) is 5.92 Å². The van der Waals surface area contributed by atoms with Gasteiger partial charge in [-0.25, -0.2) is 4.57 Å². The molecule has 0 bridgehead atoms. The maximum atomic E-state index is 14.2. The van der Waals surface area contributed by atoms with Crippen molar-refractivity contribution in [1.82, 2.24) is 4.67 Å². The van der Waals surface area contributed by atoms with E-state index in [4.69, 9.17) is 9.05 Å². The molecule has 3 rings (SSSR count). The maximum Gasteiger partial charge on any atom is 0.462 e. The van der Waals surface area contributed by atoms with E-state index in [0.29, 0.717) is 12.2 Å². The molecule has 0 aliphatic carbocycles. The van der Waals surface area contributed by atoms with E-state index < -0.39 is 13.8 Å². The molecule has 0 saturated heterocycles. The van der Waals surface area contributed by atoms with Crippen LogP contribution in [0, 0.1) is 11.8 Å². The standard InChI is InChI=1S/C26H28NO3P/c1-4-14-26(24-17-10-6-11-18-24)27(22(2)21-23-15-8-5-9-16-23)31(28,29-3)30-25-19-12-7-13-20-25/h5-13,15-20,22,26H,21H2,1-3H3. The Morgan fingerprint density at radius 3 is 2.00 bits per heavy atom. The summed E-state index contributed by atoms with van der Waals surface area (Å²) in [6.07, 6.45) is 0.668. The first-order valence-electron chi connectivity index (χ1n) is 10.3. The van der Waals surface area contributed by atoms with Gasteiger partial charge in [0, 0.05) is 13.2 Å². The van der Waals surface area contributed by atoms with Gasteiger partial charge in [-0.05, 0) is 43.5 Å². The Morgan fingerprint density at radius 1 is 0.903 bits per heavy atom. The zero-order valence-corrected chi connectivity index (χ0v) is 19.0. The molecule has 0 heterocycles. The van der Waals surface area contributed by atoms with E-state index in [1.54, 1.807) is 23.7 Å². The SMILES string of the molecule is CC#CC(c1ccccc1)N(C(C)Cc1ccccc1)P(=O)(OC)Oc1ccccc1. The normalized spacial score (nSPS) is 14.7. The monoisotopic (exact) mass is 433 g/mol. The molecule has 0 N–H and O–H groups in total. The van der Waals surface area contributed by atoms with Crippen molar-refractivity contribution < 1.29 is 13.6 Å². The molecule has 0 saturated carbocycles. The molecule has 0 spiro atoms. The summed E-state index contributed by atoms with van der Waals surface area (Å²) >= 11 is 0. The quantitative estimate of drug-likeness (QED) is 0.285. The van der Waals surface area contributed by atoms with Crippen molar-refractivity contribution in [2.75, 3.05) is 7.11 Å². The Kier molecular flexibility index (Phi) is 8.09. The zero-order chi connectivity index (χ0) is 22.1. The number of para-hydroxylation sites is 1. The minimum atomic E-state index is -3.75. The summed E-state index contributed by atoms with van der Waals surface area (Å²) in [6.45, 7) is 3.81. The third kappa shape index (κ3) is 5.87. The highest BCUT2D eigenvalue weighted by Crippen LogP contribution is 2.56. The van der Waals surface area contributed by atoms with Crippen LogP contribution in [0.4, 0.5) is 0 Å². The molecule has 5 heteroatoms. The summed E-state index contributed by atoms with van der Waals surface area (Å²) in [5.74, 6) is 6.72. The van der Waals surface area contributed by atoms with Crippen molar-refractivity contribution in [2.45, 2.75) is 32.4 Å². The number of nitrogens with zero attached hydrogens (tertiary/aromatic N) is 1. The third-order valence-electron chi connectivity index (χ3n) is 4.96. The average molecular weight is 433 g/mol. The highest BCUT2D eigenvalue weighted by molar-refractivity contribution is 7.51. The molecule has 0 amide bonds. The van der Waals surface area contributed by atoms with Gasteiger partial charge in [0.2, 0.25) is 0 Å². The molecule has 4 nitrogen and oxygen atoms in total. The second-order valence-corrected chi connectivity index (χ2v) is 9.13. The lowest BCUT2D eigenvalue weighted by molar-refractivity contribution is 0.196. The predicted octanol–water partition coefficient (Wildman–Crippen LogP) is 6.52. The van der Waals surface area contributed by atoms with Crippen molar-refractivity contribution in [1.29, 1.82) is 0 Å². The highest BCUT2D eigenvalue weighted by Gasteiger charge is 2.42. The van der Waals surface area contributed by atoms with Crippen LogP contribution in [0.25, 0.3) is 0 Å². The van der Waals surface area contributed by atoms with Crippen LogP contribution in [0.2, 0.25) is 0 Å². The highest BCUT2D eigenvalue weighted by atomic mass is 31.2. The molecule has 0 aliphatic rings. The lowest BCUT2D eigenvalue weighted by atomic mass is 10.0. The van der Waals surface area contributed by atoms with E-state index >= 15 is 0 Å². The van der Waals surface area contributed by atoms with E-state index in [1.807, 2.05) is 73.7 Å². The molecular weight excluding hydrogens is 405 g/mol. The van der Waals surface area contributed by atoms with E-state index in [9.17, 15) is 4.57 Å². The lowest BCUT2D eigenvalue weighted by Gasteiger charge is -2.37. The molecule has 0 fully saturated rings. The second-order valence-electron chi connectivity index (χ2n) is 7.18. The molecule has 0 aromatic heterocycles. The van der Waals surface area contributed by atoms with Crippen LogP contribution in [-0.4, -0.2) is 17.8 Å². The van der Waals surface area contributed by atoms with Crippen LogP contribution in [0.3, 0.4) is 0 Å². The number of hydrogen-bond acceptors (Lipinski definition) is 3. The van der Waals surface area contributed by atoms with Crippen LogP contribution < -0.4 is 4.52 Å². The van der Waals surface area contributed by atoms with Gasteiger partial charge < -0.3 is 4.52 Å². The van der Waals surface area contributed by atoms with Crippen LogP contribution in [0.15, 0.2) is 91.0 Å². The van der Waals surface area contributed by atoms with Crippen LogP contribution in [-0.2, 0) is 15.5 Å². The summed E-state index contributed by atoms with van der Waals surface area (Å²) in [7, 11) is -2.32. The van der Waals surface area contributed by atoms with Crippen LogP contribution in [0.1, 0.15) is 31.0 Å². The molecule has 160 valence electrons. The first kappa shape index (κ1) is 22.8. The number of rotatable bonds is 9. The van der Waals surface area contributed by atoms with Crippen molar-refractivity contribution in [3.63, 3.8) is 0 Å². The smallest absolute Gasteiger partial charge is 0.413 e. The van der Waals surface area contributed by atoms with E-state index in [0.717, 1.165) is 11.1 Å². The molecule has 0 aliphatic heterocycles. The molecule has 3 aromatic rings. The van der Waals surface area contributed by atoms with Gasteiger partial charge >= 0.3 is 7.75 Å². The summed E-state index contributed by atoms with van der Waals surface area (Å²) < 4.78 is 27.6. The fourth-order valence-corrected chi connectivity index (χ4v) is 5.34. The molecule has 3 unspecified atom stereocenters. The average Bonchev–Trinajstić information content (AvgIpc) is 2.80. The summed E-state index contributed by atoms with van der Waals surface area (Å²) in [5, 5.41) is 0. The van der Waals surface area contributed by atoms with Crippen molar-refractivity contribution >= 4 is 7.75 Å². The summed E-state index contributed by atoms with van der Waals surface area (Å²) in [4.78, 5) is 0. The van der Waals surface area contributed by atoms with Gasteiger partial charge in [-0.2, -0.15) is 4.67 Å². The molecule has 3 atom stereocenters. The fourth-order valence-electron chi connectivity index (χ4n) is 3.55. The third-order valence-corrected chi connectivity index (χ3v) is 7.06. The maximum absolute atomic E-state index is 14.2. The first-order chi connectivity index (χ1) is 15.1. The Balaban J connectivity index is 2.06. The largest absolute Gasteiger partial charge is 0.462 e. The van der Waals surface area contributed by atoms with Crippen molar-refractivity contribution in [3.05, 3.63) is 102 Å². The molecule has 0 radical (unpaired) electrons. The first-order valence-corrected chi connectivity index (χ1v) is 11.8. The topological polar surface area (TPSA) is 38.8 Å². The van der Waals surface area contributed by atoms with Gasteiger partial charge in [0.15, 0.2) is 0 Å². The van der Waals surface area contributed by atoms with E-state index in [1.165, 1.54) is 7.11 Å². The Morgan fingerprint density at radius 2 is 1.45 bits per heavy atom. The van der Waals surface area contributed by atoms with E-state index in [-0.39, 0.29) is 6.04 Å². The van der Waals surface area contributed by atoms with Crippen LogP contribution >= 0.6 is 7.75 Å². The predicted molar refractivity (Wildman–Crippen MR) is 126 cm³/mol.